The molecule has 0 spiro atoms. The normalized spacial score (nSPS) is 16.8. The zero-order valence-electron chi connectivity index (χ0n) is 22.1. The van der Waals surface area contributed by atoms with Crippen LogP contribution in [0.2, 0.25) is 5.02 Å². The van der Waals surface area contributed by atoms with Crippen LogP contribution in [0.25, 0.3) is 0 Å². The Bertz CT molecular complexity index is 732. The number of allylic oxidation sites excluding steroid dienone is 2. The number of hydrogen-bond acceptors (Lipinski definition) is 3. The smallest absolute Gasteiger partial charge is 0.266 e. The molecule has 2 N–H and O–H groups in total. The lowest BCUT2D eigenvalue weighted by atomic mass is 9.72. The summed E-state index contributed by atoms with van der Waals surface area (Å²) in [4.78, 5) is 14.3. The van der Waals surface area contributed by atoms with Crippen molar-refractivity contribution in [3.8, 4) is 0 Å². The van der Waals surface area contributed by atoms with Gasteiger partial charge in [-0.15, -0.1) is 0 Å². The maximum atomic E-state index is 11.6. The van der Waals surface area contributed by atoms with Gasteiger partial charge in [0.05, 0.1) is 11.9 Å². The number of halogens is 1. The molecule has 0 saturated carbocycles. The molecular weight excluding hydrogens is 432 g/mol. The highest BCUT2D eigenvalue weighted by Crippen LogP contribution is 2.42. The van der Waals surface area contributed by atoms with Gasteiger partial charge in [0, 0.05) is 11.6 Å². The highest BCUT2D eigenvalue weighted by atomic mass is 35.5. The van der Waals surface area contributed by atoms with Gasteiger partial charge in [-0.25, -0.2) is 0 Å². The molecule has 2 rings (SSSR count). The van der Waals surface area contributed by atoms with Crippen molar-refractivity contribution >= 4 is 11.6 Å². The van der Waals surface area contributed by atoms with E-state index in [9.17, 15) is 4.79 Å². The molecule has 33 heavy (non-hydrogen) atoms. The van der Waals surface area contributed by atoms with Crippen molar-refractivity contribution in [1.82, 2.24) is 10.3 Å². The van der Waals surface area contributed by atoms with Crippen LogP contribution >= 0.6 is 11.6 Å². The van der Waals surface area contributed by atoms with Crippen LogP contribution in [-0.4, -0.2) is 24.2 Å². The van der Waals surface area contributed by atoms with Crippen molar-refractivity contribution < 1.29 is 4.74 Å². The number of piperidine rings is 1. The first-order valence-corrected chi connectivity index (χ1v) is 13.6. The lowest BCUT2D eigenvalue weighted by molar-refractivity contribution is 0.0434. The molecular formula is C28H49ClN2O2. The van der Waals surface area contributed by atoms with E-state index in [1.807, 2.05) is 0 Å². The molecule has 1 unspecified atom stereocenters. The van der Waals surface area contributed by atoms with E-state index in [1.165, 1.54) is 32.1 Å². The maximum absolute atomic E-state index is 11.6. The maximum Gasteiger partial charge on any atom is 0.266 e. The first-order valence-electron chi connectivity index (χ1n) is 13.2. The van der Waals surface area contributed by atoms with Crippen LogP contribution in [0.3, 0.4) is 0 Å². The van der Waals surface area contributed by atoms with E-state index in [0.29, 0.717) is 5.92 Å². The van der Waals surface area contributed by atoms with E-state index in [1.54, 1.807) is 12.3 Å². The van der Waals surface area contributed by atoms with Crippen LogP contribution in [0.1, 0.15) is 105 Å². The van der Waals surface area contributed by atoms with Gasteiger partial charge in [-0.2, -0.15) is 0 Å². The van der Waals surface area contributed by atoms with Gasteiger partial charge in [0.25, 0.3) is 5.56 Å². The topological polar surface area (TPSA) is 54.1 Å². The van der Waals surface area contributed by atoms with E-state index < -0.39 is 0 Å². The molecule has 2 heterocycles. The third-order valence-corrected chi connectivity index (χ3v) is 6.55. The number of ether oxygens (including phenoxy) is 1. The quantitative estimate of drug-likeness (QED) is 0.238. The molecule has 0 amide bonds. The van der Waals surface area contributed by atoms with E-state index in [2.05, 4.69) is 57.9 Å². The second-order valence-electron chi connectivity index (χ2n) is 9.99. The van der Waals surface area contributed by atoms with Crippen molar-refractivity contribution in [2.75, 3.05) is 13.1 Å². The van der Waals surface area contributed by atoms with Crippen LogP contribution < -0.4 is 10.9 Å². The van der Waals surface area contributed by atoms with Gasteiger partial charge in [-0.05, 0) is 75.7 Å². The summed E-state index contributed by atoms with van der Waals surface area (Å²) < 4.78 is 6.50. The molecule has 1 aromatic rings. The molecule has 0 aromatic carbocycles. The second kappa shape index (κ2) is 16.4. The number of H-pyrrole nitrogens is 1. The lowest BCUT2D eigenvalue weighted by Crippen LogP contribution is -2.41. The molecule has 5 heteroatoms. The average Bonchev–Trinajstić information content (AvgIpc) is 2.77. The van der Waals surface area contributed by atoms with Gasteiger partial charge in [0.15, 0.2) is 0 Å². The van der Waals surface area contributed by atoms with E-state index in [0.717, 1.165) is 56.5 Å². The molecule has 1 atom stereocenters. The summed E-state index contributed by atoms with van der Waals surface area (Å²) in [6.45, 7) is 15.2. The Kier molecular flexibility index (Phi) is 14.8. The monoisotopic (exact) mass is 480 g/mol. The predicted molar refractivity (Wildman–Crippen MR) is 143 cm³/mol. The molecule has 0 radical (unpaired) electrons. The highest BCUT2D eigenvalue weighted by Gasteiger charge is 2.38. The van der Waals surface area contributed by atoms with E-state index in [4.69, 9.17) is 16.3 Å². The molecule has 1 saturated heterocycles. The SMILES string of the molecule is CC/C=C(/OC(C)CC(C)C)C1(Cc2c[nH]c(=O)c(Cl)c2)CCNCC1.CCCCCCC. The zero-order chi connectivity index (χ0) is 24.7. The van der Waals surface area contributed by atoms with Crippen LogP contribution in [0.15, 0.2) is 28.9 Å². The van der Waals surface area contributed by atoms with Gasteiger partial charge in [0.1, 0.15) is 5.02 Å². The fraction of sp³-hybridized carbons (Fsp3) is 0.750. The van der Waals surface area contributed by atoms with Gasteiger partial charge in [-0.1, -0.05) is 78.3 Å². The Morgan fingerprint density at radius 1 is 1.12 bits per heavy atom. The Hall–Kier alpha value is -1.26. The standard InChI is InChI=1S/C21H33ClN2O2.C7H16/c1-5-6-19(26-16(4)11-15(2)3)21(7-9-23-10-8-21)13-17-12-18(22)20(25)24-14-17;1-3-5-7-6-4-2/h6,12,14-16,23H,5,7-11,13H2,1-4H3,(H,24,25);3-7H2,1-2H3/b19-6+;. The number of unbranched alkanes of at least 4 members (excludes halogenated alkanes) is 4. The van der Waals surface area contributed by atoms with E-state index >= 15 is 0 Å². The van der Waals surface area contributed by atoms with Crippen LogP contribution in [0, 0.1) is 11.3 Å². The molecule has 190 valence electrons. The Balaban J connectivity index is 0.000000675. The van der Waals surface area contributed by atoms with Gasteiger partial charge in [0.2, 0.25) is 0 Å². The van der Waals surface area contributed by atoms with Crippen molar-refractivity contribution in [3.05, 3.63) is 45.0 Å². The Morgan fingerprint density at radius 3 is 2.27 bits per heavy atom. The predicted octanol–water partition coefficient (Wildman–Crippen LogP) is 7.66. The van der Waals surface area contributed by atoms with Crippen LogP contribution in [0.5, 0.6) is 0 Å². The number of aromatic nitrogens is 1. The first-order chi connectivity index (χ1) is 15.8. The summed E-state index contributed by atoms with van der Waals surface area (Å²) in [5.41, 5.74) is 0.771. The van der Waals surface area contributed by atoms with Crippen molar-refractivity contribution in [1.29, 1.82) is 0 Å². The summed E-state index contributed by atoms with van der Waals surface area (Å²) in [5.74, 6) is 1.71. The first kappa shape index (κ1) is 29.8. The largest absolute Gasteiger partial charge is 0.495 e. The molecule has 0 aliphatic carbocycles. The Labute approximate surface area is 207 Å². The number of nitrogens with one attached hydrogen (secondary N) is 2. The number of hydrogen-bond donors (Lipinski definition) is 2. The zero-order valence-corrected chi connectivity index (χ0v) is 22.8. The second-order valence-corrected chi connectivity index (χ2v) is 10.4. The Morgan fingerprint density at radius 2 is 1.76 bits per heavy atom. The number of aromatic amines is 1. The summed E-state index contributed by atoms with van der Waals surface area (Å²) in [7, 11) is 0. The summed E-state index contributed by atoms with van der Waals surface area (Å²) in [5, 5.41) is 3.71. The molecule has 1 fully saturated rings. The van der Waals surface area contributed by atoms with Crippen molar-refractivity contribution in [3.63, 3.8) is 0 Å². The van der Waals surface area contributed by atoms with Crippen LogP contribution in [-0.2, 0) is 11.2 Å². The lowest BCUT2D eigenvalue weighted by Gasteiger charge is -2.40. The summed E-state index contributed by atoms with van der Waals surface area (Å²) >= 11 is 6.06. The minimum Gasteiger partial charge on any atom is -0.495 e. The molecule has 1 aliphatic heterocycles. The molecule has 1 aromatic heterocycles. The van der Waals surface area contributed by atoms with Gasteiger partial charge in [-0.3, -0.25) is 4.79 Å². The summed E-state index contributed by atoms with van der Waals surface area (Å²) in [6, 6.07) is 1.80. The molecule has 1 aliphatic rings. The van der Waals surface area contributed by atoms with Crippen molar-refractivity contribution in [2.24, 2.45) is 11.3 Å². The summed E-state index contributed by atoms with van der Waals surface area (Å²) in [6.07, 6.45) is 16.1. The number of pyridine rings is 1. The minimum atomic E-state index is -0.235. The third kappa shape index (κ3) is 11.1. The number of rotatable bonds is 12. The molecule has 4 nitrogen and oxygen atoms in total. The van der Waals surface area contributed by atoms with E-state index in [-0.39, 0.29) is 22.1 Å². The van der Waals surface area contributed by atoms with Gasteiger partial charge < -0.3 is 15.0 Å². The third-order valence-electron chi connectivity index (χ3n) is 6.27. The van der Waals surface area contributed by atoms with Crippen LogP contribution in [0.4, 0.5) is 0 Å². The fourth-order valence-corrected chi connectivity index (χ4v) is 4.78. The van der Waals surface area contributed by atoms with Gasteiger partial charge >= 0.3 is 0 Å². The van der Waals surface area contributed by atoms with Crippen molar-refractivity contribution in [2.45, 2.75) is 112 Å². The average molecular weight is 481 g/mol. The fourth-order valence-electron chi connectivity index (χ4n) is 4.59. The highest BCUT2D eigenvalue weighted by molar-refractivity contribution is 6.30. The molecule has 0 bridgehead atoms. The minimum absolute atomic E-state index is 0.0476.